The highest BCUT2D eigenvalue weighted by atomic mass is 15.3. The van der Waals surface area contributed by atoms with E-state index in [0.717, 1.165) is 24.5 Å². The van der Waals surface area contributed by atoms with Crippen LogP contribution in [0.2, 0.25) is 0 Å². The van der Waals surface area contributed by atoms with E-state index in [4.69, 9.17) is 0 Å². The van der Waals surface area contributed by atoms with Crippen LogP contribution in [0, 0.1) is 13.8 Å². The maximum atomic E-state index is 4.57. The minimum atomic E-state index is 0.231. The summed E-state index contributed by atoms with van der Waals surface area (Å²) < 4.78 is 3.97. The van der Waals surface area contributed by atoms with Crippen molar-refractivity contribution in [2.45, 2.75) is 53.8 Å². The highest BCUT2D eigenvalue weighted by Crippen LogP contribution is 2.24. The zero-order chi connectivity index (χ0) is 14.0. The molecule has 5 heteroatoms. The molecule has 1 unspecified atom stereocenters. The maximum Gasteiger partial charge on any atom is 0.0731 e. The molecular weight excluding hydrogens is 238 g/mol. The lowest BCUT2D eigenvalue weighted by Gasteiger charge is -2.14. The van der Waals surface area contributed by atoms with Crippen LogP contribution in [0.4, 0.5) is 5.69 Å². The van der Waals surface area contributed by atoms with Gasteiger partial charge in [-0.05, 0) is 34.6 Å². The molecule has 0 aliphatic heterocycles. The van der Waals surface area contributed by atoms with Crippen LogP contribution in [0.1, 0.15) is 43.8 Å². The van der Waals surface area contributed by atoms with Gasteiger partial charge in [-0.15, -0.1) is 0 Å². The molecule has 2 rings (SSSR count). The lowest BCUT2D eigenvalue weighted by Crippen LogP contribution is -2.09. The molecule has 0 amide bonds. The topological polar surface area (TPSA) is 47.7 Å². The van der Waals surface area contributed by atoms with Gasteiger partial charge in [-0.3, -0.25) is 9.36 Å². The molecule has 0 aliphatic carbocycles. The largest absolute Gasteiger partial charge is 0.376 e. The number of aromatic nitrogens is 4. The van der Waals surface area contributed by atoms with Gasteiger partial charge in [-0.1, -0.05) is 0 Å². The lowest BCUT2D eigenvalue weighted by molar-refractivity contribution is 0.632. The van der Waals surface area contributed by atoms with E-state index in [1.807, 2.05) is 17.1 Å². The van der Waals surface area contributed by atoms with Gasteiger partial charge in [0.15, 0.2) is 0 Å². The van der Waals surface area contributed by atoms with Gasteiger partial charge in [-0.2, -0.15) is 10.2 Å². The molecule has 1 N–H and O–H groups in total. The number of rotatable bonds is 5. The second kappa shape index (κ2) is 5.47. The van der Waals surface area contributed by atoms with Crippen molar-refractivity contribution in [3.8, 4) is 0 Å². The minimum absolute atomic E-state index is 0.231. The van der Waals surface area contributed by atoms with Gasteiger partial charge in [0.25, 0.3) is 0 Å². The van der Waals surface area contributed by atoms with E-state index in [1.54, 1.807) is 0 Å². The van der Waals surface area contributed by atoms with Gasteiger partial charge in [0, 0.05) is 30.5 Å². The van der Waals surface area contributed by atoms with Gasteiger partial charge >= 0.3 is 0 Å². The third-order valence-electron chi connectivity index (χ3n) is 3.51. The molecule has 19 heavy (non-hydrogen) atoms. The first-order valence-electron chi connectivity index (χ1n) is 6.89. The van der Waals surface area contributed by atoms with Crippen molar-refractivity contribution in [1.82, 2.24) is 19.6 Å². The van der Waals surface area contributed by atoms with Crippen LogP contribution in [-0.2, 0) is 13.1 Å². The Kier molecular flexibility index (Phi) is 3.93. The van der Waals surface area contributed by atoms with Crippen molar-refractivity contribution < 1.29 is 0 Å². The first-order valence-corrected chi connectivity index (χ1v) is 6.89. The second-order valence-corrected chi connectivity index (χ2v) is 4.85. The number of aryl methyl sites for hydroxylation is 3. The summed E-state index contributed by atoms with van der Waals surface area (Å²) >= 11 is 0. The van der Waals surface area contributed by atoms with Crippen molar-refractivity contribution in [2.75, 3.05) is 5.32 Å². The molecule has 2 aromatic rings. The van der Waals surface area contributed by atoms with Crippen molar-refractivity contribution in [3.63, 3.8) is 0 Å². The zero-order valence-corrected chi connectivity index (χ0v) is 12.4. The molecule has 0 aliphatic rings. The summed E-state index contributed by atoms with van der Waals surface area (Å²) in [5.41, 5.74) is 4.67. The van der Waals surface area contributed by atoms with Gasteiger partial charge < -0.3 is 5.32 Å². The normalized spacial score (nSPS) is 12.7. The maximum absolute atomic E-state index is 4.57. The zero-order valence-electron chi connectivity index (χ0n) is 12.4. The summed E-state index contributed by atoms with van der Waals surface area (Å²) in [7, 11) is 0. The van der Waals surface area contributed by atoms with E-state index >= 15 is 0 Å². The average Bonchev–Trinajstić information content (AvgIpc) is 2.93. The number of anilines is 1. The summed E-state index contributed by atoms with van der Waals surface area (Å²) in [6, 6.07) is 0.231. The Bertz CT molecular complexity index is 552. The minimum Gasteiger partial charge on any atom is -0.376 e. The fraction of sp³-hybridized carbons (Fsp3) is 0.571. The van der Waals surface area contributed by atoms with E-state index in [1.165, 1.54) is 11.3 Å². The highest BCUT2D eigenvalue weighted by Gasteiger charge is 2.17. The van der Waals surface area contributed by atoms with Crippen molar-refractivity contribution >= 4 is 5.69 Å². The van der Waals surface area contributed by atoms with Gasteiger partial charge in [0.05, 0.1) is 23.6 Å². The van der Waals surface area contributed by atoms with Crippen LogP contribution in [0.5, 0.6) is 0 Å². The molecule has 5 nitrogen and oxygen atoms in total. The van der Waals surface area contributed by atoms with Crippen molar-refractivity contribution in [1.29, 1.82) is 0 Å². The second-order valence-electron chi connectivity index (χ2n) is 4.85. The van der Waals surface area contributed by atoms with E-state index < -0.39 is 0 Å². The summed E-state index contributed by atoms with van der Waals surface area (Å²) in [5.74, 6) is 0. The Morgan fingerprint density at radius 2 is 2.00 bits per heavy atom. The summed E-state index contributed by atoms with van der Waals surface area (Å²) in [6.45, 7) is 12.4. The van der Waals surface area contributed by atoms with E-state index in [0.29, 0.717) is 0 Å². The lowest BCUT2D eigenvalue weighted by atomic mass is 10.1. The number of nitrogens with zero attached hydrogens (tertiary/aromatic N) is 4. The fourth-order valence-electron chi connectivity index (χ4n) is 2.58. The standard InChI is InChI=1S/C14H23N5/c1-6-18-9-13(8-15-18)16-10(3)14-11(4)17-19(7-2)12(14)5/h8-10,16H,6-7H2,1-5H3. The molecule has 0 bridgehead atoms. The van der Waals surface area contributed by atoms with Gasteiger partial charge in [0.2, 0.25) is 0 Å². The van der Waals surface area contributed by atoms with Crippen molar-refractivity contribution in [2.24, 2.45) is 0 Å². The van der Waals surface area contributed by atoms with E-state index in [9.17, 15) is 0 Å². The van der Waals surface area contributed by atoms with E-state index in [-0.39, 0.29) is 6.04 Å². The molecule has 104 valence electrons. The third kappa shape index (κ3) is 2.64. The molecule has 2 heterocycles. The van der Waals surface area contributed by atoms with Crippen molar-refractivity contribution in [3.05, 3.63) is 29.3 Å². The SMILES string of the molecule is CCn1cc(NC(C)c2c(C)nn(CC)c2C)cn1. The molecule has 2 aromatic heterocycles. The molecule has 0 aromatic carbocycles. The summed E-state index contributed by atoms with van der Waals surface area (Å²) in [4.78, 5) is 0. The number of hydrogen-bond donors (Lipinski definition) is 1. The first-order chi connectivity index (χ1) is 9.06. The molecule has 1 atom stereocenters. The summed E-state index contributed by atoms with van der Waals surface area (Å²) in [5, 5.41) is 12.3. The molecule has 0 spiro atoms. The molecule has 0 radical (unpaired) electrons. The predicted octanol–water partition coefficient (Wildman–Crippen LogP) is 2.91. The van der Waals surface area contributed by atoms with Crippen LogP contribution in [0.15, 0.2) is 12.4 Å². The third-order valence-corrected chi connectivity index (χ3v) is 3.51. The van der Waals surface area contributed by atoms with Crippen LogP contribution >= 0.6 is 0 Å². The van der Waals surface area contributed by atoms with Crippen LogP contribution in [-0.4, -0.2) is 19.6 Å². The smallest absolute Gasteiger partial charge is 0.0731 e. The molecule has 0 saturated heterocycles. The molecule has 0 fully saturated rings. The molecular formula is C14H23N5. The quantitative estimate of drug-likeness (QED) is 0.900. The Hall–Kier alpha value is -1.78. The first kappa shape index (κ1) is 13.6. The Balaban J connectivity index is 2.19. The van der Waals surface area contributed by atoms with Gasteiger partial charge in [0.1, 0.15) is 0 Å². The monoisotopic (exact) mass is 261 g/mol. The summed E-state index contributed by atoms with van der Waals surface area (Å²) in [6.07, 6.45) is 3.90. The Morgan fingerprint density at radius 3 is 2.53 bits per heavy atom. The number of hydrogen-bond acceptors (Lipinski definition) is 3. The molecule has 0 saturated carbocycles. The fourth-order valence-corrected chi connectivity index (χ4v) is 2.58. The number of nitrogens with one attached hydrogen (secondary N) is 1. The van der Waals surface area contributed by atoms with E-state index in [2.05, 4.69) is 54.8 Å². The van der Waals surface area contributed by atoms with Crippen LogP contribution < -0.4 is 5.32 Å². The Morgan fingerprint density at radius 1 is 1.26 bits per heavy atom. The van der Waals surface area contributed by atoms with Crippen LogP contribution in [0.3, 0.4) is 0 Å². The average molecular weight is 261 g/mol. The van der Waals surface area contributed by atoms with Crippen LogP contribution in [0.25, 0.3) is 0 Å². The highest BCUT2D eigenvalue weighted by molar-refractivity contribution is 5.43. The van der Waals surface area contributed by atoms with Gasteiger partial charge in [-0.25, -0.2) is 0 Å². The predicted molar refractivity (Wildman–Crippen MR) is 77.3 cm³/mol. The Labute approximate surface area is 114 Å².